The van der Waals surface area contributed by atoms with Crippen LogP contribution in [0.2, 0.25) is 10.0 Å². The molecule has 1 atom stereocenters. The van der Waals surface area contributed by atoms with Crippen LogP contribution in [0.1, 0.15) is 17.0 Å². The van der Waals surface area contributed by atoms with E-state index in [1.165, 1.54) is 12.1 Å². The summed E-state index contributed by atoms with van der Waals surface area (Å²) >= 11 is 12.4. The molecule has 27 heavy (non-hydrogen) atoms. The van der Waals surface area contributed by atoms with Crippen molar-refractivity contribution in [2.24, 2.45) is 5.73 Å². The Morgan fingerprint density at radius 3 is 2.59 bits per heavy atom. The topological polar surface area (TPSA) is 87.7 Å². The van der Waals surface area contributed by atoms with E-state index >= 15 is 0 Å². The number of hydrogen-bond donors (Lipinski definition) is 2. The van der Waals surface area contributed by atoms with Crippen LogP contribution in [0.15, 0.2) is 53.9 Å². The van der Waals surface area contributed by atoms with Gasteiger partial charge in [-0.15, -0.1) is 5.10 Å². The third-order valence-electron chi connectivity index (χ3n) is 4.35. The SMILES string of the molecule is N#CC1=C(N)Oc2n[nH]c(-c3ccc(F)cc3)c2C1c1ccc(Cl)cc1Cl. The van der Waals surface area contributed by atoms with E-state index in [9.17, 15) is 9.65 Å². The van der Waals surface area contributed by atoms with Crippen molar-refractivity contribution in [2.45, 2.75) is 5.92 Å². The minimum Gasteiger partial charge on any atom is -0.420 e. The molecule has 5 nitrogen and oxygen atoms in total. The zero-order valence-corrected chi connectivity index (χ0v) is 15.1. The molecule has 0 bridgehead atoms. The van der Waals surface area contributed by atoms with Crippen LogP contribution >= 0.6 is 23.2 Å². The van der Waals surface area contributed by atoms with Crippen LogP contribution in [-0.4, -0.2) is 10.2 Å². The number of aromatic nitrogens is 2. The first-order valence-corrected chi connectivity index (χ1v) is 8.62. The highest BCUT2D eigenvalue weighted by Crippen LogP contribution is 2.47. The summed E-state index contributed by atoms with van der Waals surface area (Å²) < 4.78 is 18.8. The summed E-state index contributed by atoms with van der Waals surface area (Å²) in [5, 5.41) is 17.6. The maximum Gasteiger partial charge on any atom is 0.244 e. The summed E-state index contributed by atoms with van der Waals surface area (Å²) in [6, 6.07) is 13.0. The van der Waals surface area contributed by atoms with Gasteiger partial charge in [-0.05, 0) is 42.0 Å². The number of aromatic amines is 1. The fraction of sp³-hybridized carbons (Fsp3) is 0.0526. The van der Waals surface area contributed by atoms with Gasteiger partial charge in [0.25, 0.3) is 0 Å². The highest BCUT2D eigenvalue weighted by molar-refractivity contribution is 6.35. The molecule has 0 radical (unpaired) electrons. The lowest BCUT2D eigenvalue weighted by atomic mass is 9.83. The number of nitriles is 1. The van der Waals surface area contributed by atoms with Crippen LogP contribution in [0.3, 0.4) is 0 Å². The Morgan fingerprint density at radius 2 is 1.93 bits per heavy atom. The number of fused-ring (bicyclic) bond motifs is 1. The number of H-pyrrole nitrogens is 1. The fourth-order valence-corrected chi connectivity index (χ4v) is 3.65. The van der Waals surface area contributed by atoms with Crippen LogP contribution in [0.5, 0.6) is 5.88 Å². The number of benzene rings is 2. The first-order chi connectivity index (χ1) is 13.0. The van der Waals surface area contributed by atoms with Gasteiger partial charge < -0.3 is 10.5 Å². The van der Waals surface area contributed by atoms with E-state index < -0.39 is 5.92 Å². The van der Waals surface area contributed by atoms with Gasteiger partial charge in [0.1, 0.15) is 17.5 Å². The van der Waals surface area contributed by atoms with Crippen molar-refractivity contribution < 1.29 is 9.13 Å². The van der Waals surface area contributed by atoms with Crippen molar-refractivity contribution in [3.63, 3.8) is 0 Å². The van der Waals surface area contributed by atoms with Crippen LogP contribution in [0.25, 0.3) is 11.3 Å². The second-order valence-corrected chi connectivity index (χ2v) is 6.76. The molecule has 0 saturated carbocycles. The predicted molar refractivity (Wildman–Crippen MR) is 99.7 cm³/mol. The van der Waals surface area contributed by atoms with Gasteiger partial charge in [-0.2, -0.15) is 5.26 Å². The van der Waals surface area contributed by atoms with Gasteiger partial charge in [0.05, 0.1) is 17.2 Å². The van der Waals surface area contributed by atoms with Crippen molar-refractivity contribution in [3.8, 4) is 23.2 Å². The van der Waals surface area contributed by atoms with Gasteiger partial charge >= 0.3 is 0 Å². The molecule has 134 valence electrons. The Bertz CT molecular complexity index is 1120. The van der Waals surface area contributed by atoms with E-state index in [0.717, 1.165) is 0 Å². The number of rotatable bonds is 2. The molecule has 3 aromatic rings. The number of ether oxygens (including phenoxy) is 1. The first kappa shape index (κ1) is 17.4. The summed E-state index contributed by atoms with van der Waals surface area (Å²) in [6.07, 6.45) is 0. The average Bonchev–Trinajstić information content (AvgIpc) is 3.05. The van der Waals surface area contributed by atoms with Crippen molar-refractivity contribution in [3.05, 3.63) is 80.9 Å². The van der Waals surface area contributed by atoms with Crippen LogP contribution < -0.4 is 10.5 Å². The molecule has 1 aliphatic rings. The number of halogens is 3. The van der Waals surface area contributed by atoms with Crippen molar-refractivity contribution >= 4 is 23.2 Å². The monoisotopic (exact) mass is 400 g/mol. The van der Waals surface area contributed by atoms with E-state index in [4.69, 9.17) is 33.7 Å². The molecule has 3 N–H and O–H groups in total. The van der Waals surface area contributed by atoms with Crippen LogP contribution in [-0.2, 0) is 0 Å². The number of nitrogens with zero attached hydrogens (tertiary/aromatic N) is 2. The van der Waals surface area contributed by atoms with E-state index in [1.807, 2.05) is 0 Å². The normalized spacial score (nSPS) is 15.9. The second kappa shape index (κ2) is 6.62. The minimum atomic E-state index is -0.609. The Labute approximate surface area is 163 Å². The molecule has 1 aromatic heterocycles. The second-order valence-electron chi connectivity index (χ2n) is 5.91. The molecule has 0 amide bonds. The Morgan fingerprint density at radius 1 is 1.19 bits per heavy atom. The lowest BCUT2D eigenvalue weighted by Gasteiger charge is -2.24. The van der Waals surface area contributed by atoms with Gasteiger partial charge in [-0.1, -0.05) is 29.3 Å². The molecule has 2 aromatic carbocycles. The minimum absolute atomic E-state index is 0.0434. The highest BCUT2D eigenvalue weighted by Gasteiger charge is 2.36. The largest absolute Gasteiger partial charge is 0.420 e. The summed E-state index contributed by atoms with van der Waals surface area (Å²) in [4.78, 5) is 0. The molecule has 2 heterocycles. The molecular formula is C19H11Cl2FN4O. The third-order valence-corrected chi connectivity index (χ3v) is 4.91. The molecule has 0 spiro atoms. The van der Waals surface area contributed by atoms with E-state index in [1.54, 1.807) is 30.3 Å². The maximum atomic E-state index is 13.3. The zero-order valence-electron chi connectivity index (χ0n) is 13.6. The first-order valence-electron chi connectivity index (χ1n) is 7.86. The van der Waals surface area contributed by atoms with Gasteiger partial charge in [0.15, 0.2) is 0 Å². The molecule has 8 heteroatoms. The number of hydrogen-bond acceptors (Lipinski definition) is 4. The lowest BCUT2D eigenvalue weighted by Crippen LogP contribution is -2.21. The van der Waals surface area contributed by atoms with Gasteiger partial charge in [-0.25, -0.2) is 4.39 Å². The summed E-state index contributed by atoms with van der Waals surface area (Å²) in [7, 11) is 0. The lowest BCUT2D eigenvalue weighted by molar-refractivity contribution is 0.379. The summed E-state index contributed by atoms with van der Waals surface area (Å²) in [5.74, 6) is -0.773. The molecule has 1 aliphatic heterocycles. The van der Waals surface area contributed by atoms with E-state index in [2.05, 4.69) is 16.3 Å². The van der Waals surface area contributed by atoms with Gasteiger partial charge in [-0.3, -0.25) is 5.10 Å². The number of allylic oxidation sites excluding steroid dienone is 1. The highest BCUT2D eigenvalue weighted by atomic mass is 35.5. The zero-order chi connectivity index (χ0) is 19.1. The number of nitrogens with two attached hydrogens (primary N) is 1. The Hall–Kier alpha value is -3.01. The summed E-state index contributed by atoms with van der Waals surface area (Å²) in [6.45, 7) is 0. The molecule has 4 rings (SSSR count). The third kappa shape index (κ3) is 2.91. The molecular weight excluding hydrogens is 390 g/mol. The van der Waals surface area contributed by atoms with Gasteiger partial charge in [0.2, 0.25) is 11.8 Å². The van der Waals surface area contributed by atoms with E-state index in [-0.39, 0.29) is 23.2 Å². The van der Waals surface area contributed by atoms with Crippen LogP contribution in [0.4, 0.5) is 4.39 Å². The number of nitrogens with one attached hydrogen (secondary N) is 1. The van der Waals surface area contributed by atoms with E-state index in [0.29, 0.717) is 32.4 Å². The molecule has 1 unspecified atom stereocenters. The average molecular weight is 401 g/mol. The Kier molecular flexibility index (Phi) is 4.27. The molecule has 0 aliphatic carbocycles. The smallest absolute Gasteiger partial charge is 0.244 e. The predicted octanol–water partition coefficient (Wildman–Crippen LogP) is 4.74. The van der Waals surface area contributed by atoms with Crippen LogP contribution in [0, 0.1) is 17.1 Å². The quantitative estimate of drug-likeness (QED) is 0.649. The maximum absolute atomic E-state index is 13.3. The van der Waals surface area contributed by atoms with Crippen molar-refractivity contribution in [2.75, 3.05) is 0 Å². The Balaban J connectivity index is 1.97. The molecule has 0 saturated heterocycles. The summed E-state index contributed by atoms with van der Waals surface area (Å²) in [5.41, 5.74) is 8.64. The van der Waals surface area contributed by atoms with Gasteiger partial charge in [0, 0.05) is 15.6 Å². The molecule has 0 fully saturated rings. The standard InChI is InChI=1S/C19H11Cl2FN4O/c20-10-3-6-12(14(21)7-10)15-13(8-23)18(24)27-19-16(15)17(25-26-19)9-1-4-11(22)5-2-9/h1-7,15H,24H2,(H,25,26). The van der Waals surface area contributed by atoms with Crippen molar-refractivity contribution in [1.29, 1.82) is 5.26 Å². The fourth-order valence-electron chi connectivity index (χ4n) is 3.13. The van der Waals surface area contributed by atoms with Crippen molar-refractivity contribution in [1.82, 2.24) is 10.2 Å².